The van der Waals surface area contributed by atoms with Crippen LogP contribution < -0.4 is 10.1 Å². The Morgan fingerprint density at radius 2 is 2.00 bits per heavy atom. The van der Waals surface area contributed by atoms with Gasteiger partial charge < -0.3 is 10.1 Å². The van der Waals surface area contributed by atoms with E-state index < -0.39 is 0 Å². The highest BCUT2D eigenvalue weighted by Crippen LogP contribution is 2.38. The highest BCUT2D eigenvalue weighted by atomic mass is 16.5. The number of nitrogens with one attached hydrogen (secondary N) is 1. The van der Waals surface area contributed by atoms with E-state index in [4.69, 9.17) is 4.74 Å². The second-order valence-corrected chi connectivity index (χ2v) is 5.44. The lowest BCUT2D eigenvalue weighted by atomic mass is 9.91. The first-order valence-electron chi connectivity index (χ1n) is 7.04. The van der Waals surface area contributed by atoms with Crippen LogP contribution in [-0.4, -0.2) is 19.7 Å². The zero-order valence-electron chi connectivity index (χ0n) is 12.0. The fourth-order valence-corrected chi connectivity index (χ4v) is 3.21. The molecule has 2 unspecified atom stereocenters. The van der Waals surface area contributed by atoms with Gasteiger partial charge in [-0.3, -0.25) is 0 Å². The van der Waals surface area contributed by atoms with E-state index in [9.17, 15) is 0 Å². The molecule has 1 N–H and O–H groups in total. The first-order chi connectivity index (χ1) is 8.65. The molecule has 2 nitrogen and oxygen atoms in total. The number of rotatable bonds is 4. The maximum Gasteiger partial charge on any atom is 0.122 e. The van der Waals surface area contributed by atoms with Crippen LogP contribution in [0.2, 0.25) is 0 Å². The molecule has 100 valence electrons. The molecule has 0 aromatic heterocycles. The van der Waals surface area contributed by atoms with Gasteiger partial charge in [-0.05, 0) is 68.3 Å². The van der Waals surface area contributed by atoms with Gasteiger partial charge in [0.05, 0.1) is 7.11 Å². The standard InChI is InChI=1S/C16H25NO/c1-5-17-14-7-6-13(10-14)15-8-12(3)16(18-4)9-11(15)2/h8-9,13-14,17H,5-7,10H2,1-4H3. The van der Waals surface area contributed by atoms with Crippen molar-refractivity contribution in [3.8, 4) is 5.75 Å². The van der Waals surface area contributed by atoms with Gasteiger partial charge in [0.2, 0.25) is 0 Å². The Hall–Kier alpha value is -1.02. The average molecular weight is 247 g/mol. The molecule has 18 heavy (non-hydrogen) atoms. The van der Waals surface area contributed by atoms with Crippen molar-refractivity contribution >= 4 is 0 Å². The van der Waals surface area contributed by atoms with Crippen molar-refractivity contribution in [2.75, 3.05) is 13.7 Å². The van der Waals surface area contributed by atoms with Gasteiger partial charge in [-0.15, -0.1) is 0 Å². The smallest absolute Gasteiger partial charge is 0.122 e. The minimum atomic E-state index is 0.710. The third-order valence-electron chi connectivity index (χ3n) is 4.15. The summed E-state index contributed by atoms with van der Waals surface area (Å²) in [5.74, 6) is 1.73. The zero-order valence-corrected chi connectivity index (χ0v) is 12.0. The van der Waals surface area contributed by atoms with E-state index in [0.29, 0.717) is 6.04 Å². The Balaban J connectivity index is 2.17. The van der Waals surface area contributed by atoms with Crippen LogP contribution in [0.5, 0.6) is 5.75 Å². The summed E-state index contributed by atoms with van der Waals surface area (Å²) >= 11 is 0. The summed E-state index contributed by atoms with van der Waals surface area (Å²) in [5.41, 5.74) is 4.15. The van der Waals surface area contributed by atoms with Gasteiger partial charge >= 0.3 is 0 Å². The Bertz CT molecular complexity index is 414. The summed E-state index contributed by atoms with van der Waals surface area (Å²) in [7, 11) is 1.75. The van der Waals surface area contributed by atoms with Crippen molar-refractivity contribution in [2.45, 2.75) is 52.0 Å². The fraction of sp³-hybridized carbons (Fsp3) is 0.625. The second kappa shape index (κ2) is 5.75. The van der Waals surface area contributed by atoms with Gasteiger partial charge in [-0.2, -0.15) is 0 Å². The van der Waals surface area contributed by atoms with Gasteiger partial charge in [0.1, 0.15) is 5.75 Å². The molecule has 0 bridgehead atoms. The van der Waals surface area contributed by atoms with Crippen molar-refractivity contribution in [2.24, 2.45) is 0 Å². The predicted octanol–water partition coefficient (Wildman–Crippen LogP) is 3.56. The topological polar surface area (TPSA) is 21.3 Å². The highest BCUT2D eigenvalue weighted by molar-refractivity contribution is 5.43. The van der Waals surface area contributed by atoms with Crippen LogP contribution >= 0.6 is 0 Å². The van der Waals surface area contributed by atoms with Gasteiger partial charge in [-0.1, -0.05) is 13.0 Å². The summed E-state index contributed by atoms with van der Waals surface area (Å²) in [5, 5.41) is 3.58. The monoisotopic (exact) mass is 247 g/mol. The highest BCUT2D eigenvalue weighted by Gasteiger charge is 2.26. The normalized spacial score (nSPS) is 23.3. The number of methoxy groups -OCH3 is 1. The largest absolute Gasteiger partial charge is 0.496 e. The molecule has 2 rings (SSSR count). The van der Waals surface area contributed by atoms with Gasteiger partial charge in [0, 0.05) is 6.04 Å². The molecule has 0 amide bonds. The Morgan fingerprint density at radius 1 is 1.22 bits per heavy atom. The Morgan fingerprint density at radius 3 is 2.67 bits per heavy atom. The van der Waals surface area contributed by atoms with E-state index in [1.807, 2.05) is 0 Å². The van der Waals surface area contributed by atoms with E-state index in [-0.39, 0.29) is 0 Å². The molecule has 1 aliphatic rings. The van der Waals surface area contributed by atoms with Crippen molar-refractivity contribution in [1.82, 2.24) is 5.32 Å². The third-order valence-corrected chi connectivity index (χ3v) is 4.15. The van der Waals surface area contributed by atoms with Crippen LogP contribution in [0.25, 0.3) is 0 Å². The predicted molar refractivity (Wildman–Crippen MR) is 76.5 cm³/mol. The molecule has 0 saturated heterocycles. The SMILES string of the molecule is CCNC1CCC(c2cc(C)c(OC)cc2C)C1. The zero-order chi connectivity index (χ0) is 13.1. The lowest BCUT2D eigenvalue weighted by Gasteiger charge is -2.17. The van der Waals surface area contributed by atoms with Crippen LogP contribution in [0, 0.1) is 13.8 Å². The molecule has 1 aliphatic carbocycles. The van der Waals surface area contributed by atoms with E-state index in [0.717, 1.165) is 18.2 Å². The molecule has 0 spiro atoms. The summed E-state index contributed by atoms with van der Waals surface area (Å²) in [6.07, 6.45) is 3.90. The number of ether oxygens (including phenoxy) is 1. The molecule has 1 saturated carbocycles. The van der Waals surface area contributed by atoms with Crippen molar-refractivity contribution in [3.63, 3.8) is 0 Å². The summed E-state index contributed by atoms with van der Waals surface area (Å²) in [6.45, 7) is 7.62. The van der Waals surface area contributed by atoms with Gasteiger partial charge in [-0.25, -0.2) is 0 Å². The maximum atomic E-state index is 5.39. The molecule has 1 fully saturated rings. The van der Waals surface area contributed by atoms with E-state index in [1.165, 1.54) is 36.0 Å². The Kier molecular flexibility index (Phi) is 4.28. The van der Waals surface area contributed by atoms with E-state index in [1.54, 1.807) is 7.11 Å². The molecular formula is C16H25NO. The molecule has 1 aromatic carbocycles. The molecule has 2 atom stereocenters. The number of benzene rings is 1. The molecule has 0 radical (unpaired) electrons. The summed E-state index contributed by atoms with van der Waals surface area (Å²) in [6, 6.07) is 5.22. The van der Waals surface area contributed by atoms with Crippen LogP contribution in [0.15, 0.2) is 12.1 Å². The van der Waals surface area contributed by atoms with Crippen LogP contribution in [0.3, 0.4) is 0 Å². The van der Waals surface area contributed by atoms with Gasteiger partial charge in [0.15, 0.2) is 0 Å². The van der Waals surface area contributed by atoms with E-state index in [2.05, 4.69) is 38.2 Å². The molecule has 1 aromatic rings. The van der Waals surface area contributed by atoms with Crippen LogP contribution in [0.1, 0.15) is 48.8 Å². The average Bonchev–Trinajstić information content (AvgIpc) is 2.80. The summed E-state index contributed by atoms with van der Waals surface area (Å²) < 4.78 is 5.39. The minimum absolute atomic E-state index is 0.710. The quantitative estimate of drug-likeness (QED) is 0.878. The van der Waals surface area contributed by atoms with Crippen LogP contribution in [-0.2, 0) is 0 Å². The van der Waals surface area contributed by atoms with E-state index >= 15 is 0 Å². The summed E-state index contributed by atoms with van der Waals surface area (Å²) in [4.78, 5) is 0. The molecular weight excluding hydrogens is 222 g/mol. The van der Waals surface area contributed by atoms with Crippen LogP contribution in [0.4, 0.5) is 0 Å². The third kappa shape index (κ3) is 2.69. The number of hydrogen-bond acceptors (Lipinski definition) is 2. The van der Waals surface area contributed by atoms with Crippen molar-refractivity contribution in [3.05, 3.63) is 28.8 Å². The molecule has 0 aliphatic heterocycles. The lowest BCUT2D eigenvalue weighted by molar-refractivity contribution is 0.411. The molecule has 2 heteroatoms. The Labute approximate surface area is 111 Å². The second-order valence-electron chi connectivity index (χ2n) is 5.44. The fourth-order valence-electron chi connectivity index (χ4n) is 3.21. The first kappa shape index (κ1) is 13.4. The maximum absolute atomic E-state index is 5.39. The molecule has 0 heterocycles. The van der Waals surface area contributed by atoms with Gasteiger partial charge in [0.25, 0.3) is 0 Å². The lowest BCUT2D eigenvalue weighted by Crippen LogP contribution is -2.25. The minimum Gasteiger partial charge on any atom is -0.496 e. The number of aryl methyl sites for hydroxylation is 2. The first-order valence-corrected chi connectivity index (χ1v) is 7.04. The number of hydrogen-bond donors (Lipinski definition) is 1. The van der Waals surface area contributed by atoms with Crippen molar-refractivity contribution < 1.29 is 4.74 Å². The van der Waals surface area contributed by atoms with Crippen molar-refractivity contribution in [1.29, 1.82) is 0 Å².